The highest BCUT2D eigenvalue weighted by atomic mass is 16.6. The van der Waals surface area contributed by atoms with Crippen molar-refractivity contribution < 1.29 is 38.7 Å². The normalized spacial score (nSPS) is 11.9. The number of phenolic OH excluding ortho intramolecular Hbond substituents is 2. The summed E-state index contributed by atoms with van der Waals surface area (Å²) in [5, 5.41) is 22.2. The minimum atomic E-state index is -0.845. The Morgan fingerprint density at radius 2 is 0.613 bits per heavy atom. The summed E-state index contributed by atoms with van der Waals surface area (Å²) >= 11 is 0. The van der Waals surface area contributed by atoms with Gasteiger partial charge < -0.3 is 29.2 Å². The molecule has 14 heteroatoms. The fourth-order valence-electron chi connectivity index (χ4n) is 10.0. The van der Waals surface area contributed by atoms with Crippen molar-refractivity contribution in [2.24, 2.45) is 0 Å². The molecule has 12 rings (SSSR count). The summed E-state index contributed by atoms with van der Waals surface area (Å²) < 4.78 is 22.1. The molecule has 0 saturated carbocycles. The van der Waals surface area contributed by atoms with Crippen LogP contribution in [0.2, 0.25) is 0 Å². The van der Waals surface area contributed by atoms with Crippen molar-refractivity contribution in [3.05, 3.63) is 255 Å². The summed E-state index contributed by atoms with van der Waals surface area (Å²) in [7, 11) is 0. The van der Waals surface area contributed by atoms with Gasteiger partial charge in [0.05, 0.1) is 23.8 Å². The molecule has 3 atom stereocenters. The summed E-state index contributed by atoms with van der Waals surface area (Å²) in [4.78, 5) is 53.5. The van der Waals surface area contributed by atoms with E-state index < -0.39 is 24.1 Å². The number of ether oxygens (including phenoxy) is 4. The van der Waals surface area contributed by atoms with Gasteiger partial charge in [-0.15, -0.1) is 0 Å². The lowest BCUT2D eigenvalue weighted by Gasteiger charge is -2.17. The fraction of sp³-hybridized carbons (Fsp3) is 0.139. The van der Waals surface area contributed by atoms with Crippen LogP contribution in [0.5, 0.6) is 23.0 Å². The number of hydrogen-bond donors (Lipinski definition) is 2. The van der Waals surface area contributed by atoms with Crippen LogP contribution >= 0.6 is 0 Å². The van der Waals surface area contributed by atoms with E-state index in [1.54, 1.807) is 38.1 Å². The van der Waals surface area contributed by atoms with Crippen molar-refractivity contribution in [1.82, 2.24) is 29.9 Å². The predicted octanol–water partition coefficient (Wildman–Crippen LogP) is 17.7. The van der Waals surface area contributed by atoms with E-state index in [0.717, 1.165) is 73.2 Å². The van der Waals surface area contributed by atoms with E-state index in [1.807, 2.05) is 191 Å². The maximum atomic E-state index is 12.4. The van der Waals surface area contributed by atoms with Crippen molar-refractivity contribution in [3.63, 3.8) is 0 Å². The van der Waals surface area contributed by atoms with Crippen LogP contribution in [0.3, 0.4) is 0 Å². The molecule has 12 aromatic rings. The van der Waals surface area contributed by atoms with E-state index in [-0.39, 0.29) is 17.6 Å². The third-order valence-electron chi connectivity index (χ3n) is 15.3. The first-order valence-electron chi connectivity index (χ1n) is 30.9. The molecule has 0 aliphatic carbocycles. The van der Waals surface area contributed by atoms with Crippen LogP contribution in [0, 0.1) is 0 Å². The highest BCUT2D eigenvalue weighted by molar-refractivity contribution is 5.78. The van der Waals surface area contributed by atoms with Crippen molar-refractivity contribution >= 4 is 11.9 Å². The fourth-order valence-corrected chi connectivity index (χ4v) is 10.0. The molecule has 2 heterocycles. The van der Waals surface area contributed by atoms with Crippen molar-refractivity contribution in [2.45, 2.75) is 65.8 Å². The third kappa shape index (κ3) is 15.9. The first-order chi connectivity index (χ1) is 45.4. The molecule has 93 heavy (non-hydrogen) atoms. The van der Waals surface area contributed by atoms with Crippen molar-refractivity contribution in [1.29, 1.82) is 0 Å². The molecule has 0 radical (unpaired) electrons. The molecular weight excluding hydrogens is 1160 g/mol. The lowest BCUT2D eigenvalue weighted by Crippen LogP contribution is -2.29. The number of aromatic hydroxyl groups is 2. The summed E-state index contributed by atoms with van der Waals surface area (Å²) in [6.07, 6.45) is -0.455. The number of esters is 2. The monoisotopic (exact) mass is 1230 g/mol. The predicted molar refractivity (Wildman–Crippen MR) is 365 cm³/mol. The van der Waals surface area contributed by atoms with Crippen LogP contribution in [-0.2, 0) is 19.1 Å². The molecular formula is C79H68N6O8. The lowest BCUT2D eigenvalue weighted by molar-refractivity contribution is -0.156. The Balaban J connectivity index is 0.000000190. The van der Waals surface area contributed by atoms with Crippen molar-refractivity contribution in [2.75, 3.05) is 6.61 Å². The van der Waals surface area contributed by atoms with Gasteiger partial charge in [0.25, 0.3) is 0 Å². The van der Waals surface area contributed by atoms with Crippen LogP contribution in [0.15, 0.2) is 255 Å². The van der Waals surface area contributed by atoms with Crippen LogP contribution < -0.4 is 9.47 Å². The standard InChI is InChI=1S/C40H35N3O4.C39H33N3O4/c1-4-26(2)46-40(45)27(3)47-34-23-24-35(36(44)25-34)39-42-37(32-19-15-30(16-20-32)28-11-7-5-8-12-28)41-38(43-39)33-21-17-31(18-22-33)29-13-9-6-10-14-29;1-3-24-45-39(44)26(2)46-33-22-23-34(35(43)25-33)38-41-36(31-18-14-29(15-19-31)27-10-6-4-7-11-27)40-37(42-38)32-20-16-30(17-21-32)28-12-8-5-9-13-28/h5-27,44H,4H2,1-3H3;4-23,25-26,43H,3,24H2,1-2H3. The molecule has 0 saturated heterocycles. The molecule has 14 nitrogen and oxygen atoms in total. The molecule has 0 spiro atoms. The Bertz CT molecular complexity index is 4270. The first-order valence-corrected chi connectivity index (χ1v) is 30.9. The quantitative estimate of drug-likeness (QED) is 0.0686. The van der Waals surface area contributed by atoms with Gasteiger partial charge in [-0.25, -0.2) is 39.5 Å². The van der Waals surface area contributed by atoms with Gasteiger partial charge in [-0.05, 0) is 102 Å². The molecule has 2 N–H and O–H groups in total. The largest absolute Gasteiger partial charge is 0.507 e. The van der Waals surface area contributed by atoms with Gasteiger partial charge in [-0.1, -0.05) is 232 Å². The van der Waals surface area contributed by atoms with Crippen molar-refractivity contribution in [3.8, 4) is 136 Å². The minimum absolute atomic E-state index is 0.0893. The molecule has 462 valence electrons. The Kier molecular flexibility index (Phi) is 20.2. The second-order valence-electron chi connectivity index (χ2n) is 22.1. The van der Waals surface area contributed by atoms with Crippen LogP contribution in [0.1, 0.15) is 47.5 Å². The average Bonchev–Trinajstić information content (AvgIpc) is 1.23. The first kappa shape index (κ1) is 62.9. The van der Waals surface area contributed by atoms with Gasteiger partial charge in [-0.2, -0.15) is 0 Å². The van der Waals surface area contributed by atoms with E-state index in [1.165, 1.54) is 12.1 Å². The Morgan fingerprint density at radius 3 is 0.892 bits per heavy atom. The van der Waals surface area contributed by atoms with E-state index in [4.69, 9.17) is 48.9 Å². The molecule has 0 bridgehead atoms. The van der Waals surface area contributed by atoms with E-state index in [0.29, 0.717) is 70.6 Å². The topological polar surface area (TPSA) is 189 Å². The number of phenols is 2. The Hall–Kier alpha value is -11.6. The molecule has 0 fully saturated rings. The Morgan fingerprint density at radius 1 is 0.344 bits per heavy atom. The highest BCUT2D eigenvalue weighted by Crippen LogP contribution is 2.37. The number of rotatable bonds is 20. The smallest absolute Gasteiger partial charge is 0.347 e. The number of aromatic nitrogens is 6. The number of benzene rings is 10. The summed E-state index contributed by atoms with van der Waals surface area (Å²) in [6.45, 7) is 9.25. The number of hydrogen-bond acceptors (Lipinski definition) is 14. The van der Waals surface area contributed by atoms with Gasteiger partial charge in [0.2, 0.25) is 0 Å². The second-order valence-corrected chi connectivity index (χ2v) is 22.1. The third-order valence-corrected chi connectivity index (χ3v) is 15.3. The molecule has 0 aliphatic rings. The summed E-state index contributed by atoms with van der Waals surface area (Å²) in [6, 6.07) is 82.4. The van der Waals surface area contributed by atoms with E-state index >= 15 is 0 Å². The average molecular weight is 1230 g/mol. The second kappa shape index (κ2) is 29.8. The van der Waals surface area contributed by atoms with Gasteiger partial charge in [0.1, 0.15) is 23.0 Å². The zero-order valence-electron chi connectivity index (χ0n) is 52.1. The van der Waals surface area contributed by atoms with Crippen LogP contribution in [0.25, 0.3) is 113 Å². The zero-order valence-corrected chi connectivity index (χ0v) is 52.1. The molecule has 10 aromatic carbocycles. The lowest BCUT2D eigenvalue weighted by atomic mass is 10.0. The van der Waals surface area contributed by atoms with E-state index in [9.17, 15) is 19.8 Å². The maximum absolute atomic E-state index is 12.4. The molecule has 2 aromatic heterocycles. The zero-order chi connectivity index (χ0) is 64.6. The van der Waals surface area contributed by atoms with Gasteiger partial charge in [0.15, 0.2) is 47.2 Å². The molecule has 0 aliphatic heterocycles. The van der Waals surface area contributed by atoms with Crippen LogP contribution in [0.4, 0.5) is 0 Å². The van der Waals surface area contributed by atoms with Gasteiger partial charge in [-0.3, -0.25) is 0 Å². The van der Waals surface area contributed by atoms with Crippen LogP contribution in [-0.4, -0.2) is 77.0 Å². The highest BCUT2D eigenvalue weighted by Gasteiger charge is 2.23. The number of carbonyl (C=O) groups excluding carboxylic acids is 2. The molecule has 3 unspecified atom stereocenters. The summed E-state index contributed by atoms with van der Waals surface area (Å²) in [5.41, 5.74) is 12.8. The SMILES string of the molecule is CCC(C)OC(=O)C(C)Oc1ccc(-c2nc(-c3ccc(-c4ccccc4)cc3)nc(-c3ccc(-c4ccccc4)cc3)n2)c(O)c1.CCCOC(=O)C(C)Oc1ccc(-c2nc(-c3ccc(-c4ccccc4)cc3)nc(-c3ccc(-c4ccccc4)cc3)n2)c(O)c1. The molecule has 0 amide bonds. The summed E-state index contributed by atoms with van der Waals surface area (Å²) in [5.74, 6) is 2.03. The number of nitrogens with zero attached hydrogens (tertiary/aromatic N) is 6. The number of carbonyl (C=O) groups is 2. The van der Waals surface area contributed by atoms with E-state index in [2.05, 4.69) is 48.5 Å². The maximum Gasteiger partial charge on any atom is 0.347 e. The van der Waals surface area contributed by atoms with Gasteiger partial charge >= 0.3 is 11.9 Å². The minimum Gasteiger partial charge on any atom is -0.507 e. The van der Waals surface area contributed by atoms with Gasteiger partial charge in [0, 0.05) is 34.4 Å². The Labute approximate surface area is 540 Å².